The molecule has 3 aliphatic rings. The highest BCUT2D eigenvalue weighted by Gasteiger charge is 2.44. The first-order valence-corrected chi connectivity index (χ1v) is 11.6. The molecule has 1 saturated heterocycles. The molecule has 8 heteroatoms. The Morgan fingerprint density at radius 3 is 2.17 bits per heavy atom. The standard InChI is InChI=1S/C21H26N2O5S/c1-22(15-7-3-2-4-8-15)29(26,27)21-18(23-11-13-28-14-12-23)19(24)16-9-5-6-10-17(16)20(21)25/h5-6,9-10,15H,2-4,7-8,11-14H2,1H3. The Hall–Kier alpha value is -2.03. The highest BCUT2D eigenvalue weighted by Crippen LogP contribution is 2.35. The van der Waals surface area contributed by atoms with Gasteiger partial charge < -0.3 is 9.64 Å². The third-order valence-electron chi connectivity index (χ3n) is 6.11. The molecule has 1 aliphatic heterocycles. The first-order chi connectivity index (χ1) is 13.9. The molecule has 0 bridgehead atoms. The van der Waals surface area contributed by atoms with Crippen molar-refractivity contribution in [2.75, 3.05) is 33.4 Å². The molecule has 29 heavy (non-hydrogen) atoms. The van der Waals surface area contributed by atoms with Crippen molar-refractivity contribution in [3.63, 3.8) is 0 Å². The molecule has 7 nitrogen and oxygen atoms in total. The average molecular weight is 419 g/mol. The number of hydrogen-bond donors (Lipinski definition) is 0. The fourth-order valence-corrected chi connectivity index (χ4v) is 6.14. The van der Waals surface area contributed by atoms with Gasteiger partial charge in [0.1, 0.15) is 5.70 Å². The number of ether oxygens (including phenoxy) is 1. The molecule has 156 valence electrons. The number of rotatable bonds is 4. The number of carbonyl (C=O) groups excluding carboxylic acids is 2. The van der Waals surface area contributed by atoms with Crippen molar-refractivity contribution in [2.45, 2.75) is 38.1 Å². The lowest BCUT2D eigenvalue weighted by Gasteiger charge is -2.36. The molecule has 0 N–H and O–H groups in total. The van der Waals surface area contributed by atoms with Crippen molar-refractivity contribution in [1.82, 2.24) is 9.21 Å². The Bertz CT molecular complexity index is 957. The van der Waals surface area contributed by atoms with Crippen molar-refractivity contribution >= 4 is 21.6 Å². The van der Waals surface area contributed by atoms with Crippen LogP contribution in [-0.2, 0) is 14.8 Å². The molecule has 2 aliphatic carbocycles. The van der Waals surface area contributed by atoms with Crippen LogP contribution in [0.5, 0.6) is 0 Å². The molecule has 1 aromatic carbocycles. The number of ketones is 2. The van der Waals surface area contributed by atoms with Crippen LogP contribution in [0.1, 0.15) is 52.8 Å². The normalized spacial score (nSPS) is 21.7. The predicted octanol–water partition coefficient (Wildman–Crippen LogP) is 2.20. The number of Topliss-reactive ketones (excluding diaryl/α,β-unsaturated/α-hetero) is 2. The first-order valence-electron chi connectivity index (χ1n) is 10.2. The van der Waals surface area contributed by atoms with Gasteiger partial charge in [-0.05, 0) is 12.8 Å². The second-order valence-corrected chi connectivity index (χ2v) is 9.73. The van der Waals surface area contributed by atoms with E-state index in [1.54, 1.807) is 23.1 Å². The molecule has 0 aromatic heterocycles. The van der Waals surface area contributed by atoms with Crippen molar-refractivity contribution in [2.24, 2.45) is 0 Å². The fraction of sp³-hybridized carbons (Fsp3) is 0.524. The monoisotopic (exact) mass is 418 g/mol. The lowest BCUT2D eigenvalue weighted by molar-refractivity contribution is 0.0498. The van der Waals surface area contributed by atoms with E-state index >= 15 is 0 Å². The minimum absolute atomic E-state index is 0.000315. The molecule has 2 fully saturated rings. The average Bonchev–Trinajstić information content (AvgIpc) is 2.76. The molecule has 4 rings (SSSR count). The van der Waals surface area contributed by atoms with Crippen molar-refractivity contribution in [3.05, 3.63) is 46.0 Å². The third kappa shape index (κ3) is 3.53. The van der Waals surface area contributed by atoms with Crippen molar-refractivity contribution in [1.29, 1.82) is 0 Å². The molecular formula is C21H26N2O5S. The maximum Gasteiger partial charge on any atom is 0.249 e. The quantitative estimate of drug-likeness (QED) is 0.745. The van der Waals surface area contributed by atoms with Gasteiger partial charge in [-0.3, -0.25) is 9.59 Å². The van der Waals surface area contributed by atoms with Crippen molar-refractivity contribution in [3.8, 4) is 0 Å². The van der Waals surface area contributed by atoms with Gasteiger partial charge in [-0.25, -0.2) is 8.42 Å². The Labute approximate surface area is 171 Å². The molecule has 0 atom stereocenters. The highest BCUT2D eigenvalue weighted by molar-refractivity contribution is 7.94. The Morgan fingerprint density at radius 2 is 1.55 bits per heavy atom. The number of benzene rings is 1. The number of sulfonamides is 1. The molecule has 1 aromatic rings. The first kappa shape index (κ1) is 20.3. The minimum Gasteiger partial charge on any atom is -0.378 e. The Morgan fingerprint density at radius 1 is 0.966 bits per heavy atom. The zero-order valence-corrected chi connectivity index (χ0v) is 17.4. The van der Waals surface area contributed by atoms with Gasteiger partial charge in [-0.1, -0.05) is 43.5 Å². The zero-order chi connectivity index (χ0) is 20.6. The Kier molecular flexibility index (Phi) is 5.59. The van der Waals surface area contributed by atoms with Gasteiger partial charge in [0.05, 0.1) is 13.2 Å². The summed E-state index contributed by atoms with van der Waals surface area (Å²) in [5, 5.41) is 0. The number of carbonyl (C=O) groups is 2. The van der Waals surface area contributed by atoms with E-state index in [0.29, 0.717) is 26.3 Å². The van der Waals surface area contributed by atoms with E-state index in [1.165, 1.54) is 17.4 Å². The van der Waals surface area contributed by atoms with E-state index in [4.69, 9.17) is 4.74 Å². The summed E-state index contributed by atoms with van der Waals surface area (Å²) in [7, 11) is -2.59. The van der Waals surface area contributed by atoms with Crippen LogP contribution in [0.2, 0.25) is 0 Å². The highest BCUT2D eigenvalue weighted by atomic mass is 32.2. The summed E-state index contributed by atoms with van der Waals surface area (Å²) in [5.41, 5.74) is 0.419. The molecule has 0 amide bonds. The van der Waals surface area contributed by atoms with Gasteiger partial charge >= 0.3 is 0 Å². The van der Waals surface area contributed by atoms with Crippen LogP contribution >= 0.6 is 0 Å². The summed E-state index contributed by atoms with van der Waals surface area (Å²) in [6.07, 6.45) is 4.57. The number of morpholine rings is 1. The van der Waals surface area contributed by atoms with E-state index < -0.39 is 21.6 Å². The molecule has 0 spiro atoms. The van der Waals surface area contributed by atoms with Crippen molar-refractivity contribution < 1.29 is 22.7 Å². The molecule has 0 unspecified atom stereocenters. The number of nitrogens with zero attached hydrogens (tertiary/aromatic N) is 2. The third-order valence-corrected chi connectivity index (χ3v) is 8.06. The summed E-state index contributed by atoms with van der Waals surface area (Å²) in [6, 6.07) is 6.31. The van der Waals surface area contributed by atoms with E-state index in [0.717, 1.165) is 32.1 Å². The molecule has 1 saturated carbocycles. The van der Waals surface area contributed by atoms with Crippen LogP contribution in [0.15, 0.2) is 34.9 Å². The topological polar surface area (TPSA) is 84.0 Å². The number of fused-ring (bicyclic) bond motifs is 1. The Balaban J connectivity index is 1.85. The van der Waals surface area contributed by atoms with Crippen LogP contribution in [0.4, 0.5) is 0 Å². The van der Waals surface area contributed by atoms with Crippen LogP contribution in [0, 0.1) is 0 Å². The van der Waals surface area contributed by atoms with Gasteiger partial charge in [0.15, 0.2) is 4.91 Å². The van der Waals surface area contributed by atoms with Crippen LogP contribution in [0.3, 0.4) is 0 Å². The molecule has 1 heterocycles. The van der Waals surface area contributed by atoms with Gasteiger partial charge in [-0.15, -0.1) is 0 Å². The maximum absolute atomic E-state index is 13.6. The number of allylic oxidation sites excluding steroid dienone is 2. The van der Waals surface area contributed by atoms with Gasteiger partial charge in [0.25, 0.3) is 0 Å². The largest absolute Gasteiger partial charge is 0.378 e. The van der Waals surface area contributed by atoms with Crippen LogP contribution in [0.25, 0.3) is 0 Å². The molecular weight excluding hydrogens is 392 g/mol. The summed E-state index contributed by atoms with van der Waals surface area (Å²) < 4.78 is 34.0. The van der Waals surface area contributed by atoms with Gasteiger partial charge in [0, 0.05) is 37.3 Å². The lowest BCUT2D eigenvalue weighted by Crippen LogP contribution is -2.46. The number of hydrogen-bond acceptors (Lipinski definition) is 6. The van der Waals surface area contributed by atoms with E-state index in [1.807, 2.05) is 0 Å². The fourth-order valence-electron chi connectivity index (χ4n) is 4.44. The van der Waals surface area contributed by atoms with E-state index in [-0.39, 0.29) is 27.8 Å². The second-order valence-electron chi connectivity index (χ2n) is 7.79. The smallest absolute Gasteiger partial charge is 0.249 e. The zero-order valence-electron chi connectivity index (χ0n) is 16.6. The second kappa shape index (κ2) is 8.01. The van der Waals surface area contributed by atoms with Crippen LogP contribution < -0.4 is 0 Å². The van der Waals surface area contributed by atoms with Gasteiger partial charge in [-0.2, -0.15) is 4.31 Å². The summed E-state index contributed by atoms with van der Waals surface area (Å²) in [5.74, 6) is -0.998. The lowest BCUT2D eigenvalue weighted by atomic mass is 9.91. The SMILES string of the molecule is CN(C1CCCCC1)S(=O)(=O)C1=C(N2CCOCC2)C(=O)c2ccccc2C1=O. The van der Waals surface area contributed by atoms with E-state index in [2.05, 4.69) is 0 Å². The van der Waals surface area contributed by atoms with Gasteiger partial charge in [0.2, 0.25) is 21.6 Å². The maximum atomic E-state index is 13.6. The summed E-state index contributed by atoms with van der Waals surface area (Å²) in [4.78, 5) is 28.0. The van der Waals surface area contributed by atoms with E-state index in [9.17, 15) is 18.0 Å². The summed E-state index contributed by atoms with van der Waals surface area (Å²) >= 11 is 0. The molecule has 0 radical (unpaired) electrons. The summed E-state index contributed by atoms with van der Waals surface area (Å²) in [6.45, 7) is 1.53. The predicted molar refractivity (Wildman–Crippen MR) is 108 cm³/mol. The minimum atomic E-state index is -4.12. The van der Waals surface area contributed by atoms with Crippen LogP contribution in [-0.4, -0.2) is 68.6 Å².